The van der Waals surface area contributed by atoms with Gasteiger partial charge in [0.2, 0.25) is 0 Å². The second kappa shape index (κ2) is 7.64. The summed E-state index contributed by atoms with van der Waals surface area (Å²) in [5.74, 6) is -0.729. The van der Waals surface area contributed by atoms with E-state index in [1.54, 1.807) is 35.3 Å². The monoisotopic (exact) mass is 425 g/mol. The predicted molar refractivity (Wildman–Crippen MR) is 107 cm³/mol. The summed E-state index contributed by atoms with van der Waals surface area (Å²) in [6.45, 7) is 0.116. The van der Waals surface area contributed by atoms with Gasteiger partial charge in [-0.25, -0.2) is 17.5 Å². The molecule has 30 heavy (non-hydrogen) atoms. The topological polar surface area (TPSA) is 107 Å². The lowest BCUT2D eigenvalue weighted by Gasteiger charge is -2.07. The van der Waals surface area contributed by atoms with Crippen LogP contribution in [0.4, 0.5) is 4.39 Å². The van der Waals surface area contributed by atoms with Gasteiger partial charge in [-0.3, -0.25) is 14.8 Å². The summed E-state index contributed by atoms with van der Waals surface area (Å²) in [6, 6.07) is 8.81. The average Bonchev–Trinajstić information content (AvgIpc) is 3.16. The van der Waals surface area contributed by atoms with Crippen LogP contribution < -0.4 is 5.32 Å². The zero-order chi connectivity index (χ0) is 21.3. The Morgan fingerprint density at radius 3 is 2.50 bits per heavy atom. The van der Waals surface area contributed by atoms with E-state index in [1.165, 1.54) is 30.6 Å². The minimum absolute atomic E-state index is 0.111. The molecule has 0 radical (unpaired) electrons. The number of hydrogen-bond donors (Lipinski definition) is 1. The van der Waals surface area contributed by atoms with Crippen LogP contribution in [0.3, 0.4) is 0 Å². The largest absolute Gasteiger partial charge is 0.346 e. The number of benzene rings is 1. The van der Waals surface area contributed by atoms with E-state index < -0.39 is 9.84 Å². The first kappa shape index (κ1) is 19.6. The number of sulfone groups is 1. The normalized spacial score (nSPS) is 11.5. The van der Waals surface area contributed by atoms with Gasteiger partial charge in [0.05, 0.1) is 46.3 Å². The van der Waals surface area contributed by atoms with Gasteiger partial charge in [-0.05, 0) is 36.4 Å². The number of nitrogens with zero attached hydrogens (tertiary/aromatic N) is 4. The van der Waals surface area contributed by atoms with Gasteiger partial charge in [-0.15, -0.1) is 0 Å². The number of carbonyl (C=O) groups excluding carboxylic acids is 1. The minimum Gasteiger partial charge on any atom is -0.346 e. The van der Waals surface area contributed by atoms with Crippen LogP contribution in [-0.4, -0.2) is 40.3 Å². The molecule has 0 atom stereocenters. The number of rotatable bonds is 5. The van der Waals surface area contributed by atoms with Gasteiger partial charge in [0.25, 0.3) is 5.91 Å². The van der Waals surface area contributed by atoms with Crippen molar-refractivity contribution in [2.24, 2.45) is 0 Å². The number of nitrogens with one attached hydrogen (secondary N) is 1. The molecule has 4 rings (SSSR count). The summed E-state index contributed by atoms with van der Waals surface area (Å²) >= 11 is 0. The van der Waals surface area contributed by atoms with Gasteiger partial charge in [-0.1, -0.05) is 0 Å². The highest BCUT2D eigenvalue weighted by atomic mass is 32.2. The van der Waals surface area contributed by atoms with E-state index in [0.717, 1.165) is 6.26 Å². The zero-order valence-corrected chi connectivity index (χ0v) is 16.6. The van der Waals surface area contributed by atoms with Crippen molar-refractivity contribution in [3.63, 3.8) is 0 Å². The lowest BCUT2D eigenvalue weighted by molar-refractivity contribution is 0.0951. The maximum atomic E-state index is 13.2. The van der Waals surface area contributed by atoms with Gasteiger partial charge in [0.15, 0.2) is 9.84 Å². The SMILES string of the molecule is CS(=O)(=O)c1ccc(CNC(=O)c2cncc3c2cnn3-c2ccc(F)cc2)nc1. The fraction of sp³-hybridized carbons (Fsp3) is 0.100. The Balaban J connectivity index is 1.56. The number of amides is 1. The van der Waals surface area contributed by atoms with Crippen LogP contribution in [0.5, 0.6) is 0 Å². The molecule has 1 N–H and O–H groups in total. The maximum absolute atomic E-state index is 13.2. The van der Waals surface area contributed by atoms with E-state index in [-0.39, 0.29) is 23.2 Å². The Hall–Kier alpha value is -3.66. The first-order valence-electron chi connectivity index (χ1n) is 8.84. The van der Waals surface area contributed by atoms with E-state index in [4.69, 9.17) is 0 Å². The van der Waals surface area contributed by atoms with Crippen LogP contribution in [0.25, 0.3) is 16.6 Å². The van der Waals surface area contributed by atoms with Crippen molar-refractivity contribution in [1.82, 2.24) is 25.1 Å². The molecule has 0 fully saturated rings. The Bertz CT molecular complexity index is 1330. The third-order valence-electron chi connectivity index (χ3n) is 4.47. The summed E-state index contributed by atoms with van der Waals surface area (Å²) in [5, 5.41) is 7.63. The molecule has 0 aliphatic rings. The smallest absolute Gasteiger partial charge is 0.253 e. The summed E-state index contributed by atoms with van der Waals surface area (Å²) in [4.78, 5) is 21.0. The van der Waals surface area contributed by atoms with Crippen LogP contribution >= 0.6 is 0 Å². The number of fused-ring (bicyclic) bond motifs is 1. The van der Waals surface area contributed by atoms with Crippen LogP contribution in [0.1, 0.15) is 16.1 Å². The summed E-state index contributed by atoms with van der Waals surface area (Å²) in [7, 11) is -3.33. The molecule has 10 heteroatoms. The second-order valence-corrected chi connectivity index (χ2v) is 8.61. The molecule has 3 heterocycles. The maximum Gasteiger partial charge on any atom is 0.253 e. The molecular formula is C20H16FN5O3S. The molecule has 0 aliphatic carbocycles. The summed E-state index contributed by atoms with van der Waals surface area (Å²) in [6.07, 6.45) is 6.92. The van der Waals surface area contributed by atoms with E-state index in [9.17, 15) is 17.6 Å². The van der Waals surface area contributed by atoms with Gasteiger partial charge in [0, 0.05) is 24.0 Å². The van der Waals surface area contributed by atoms with Crippen LogP contribution in [0, 0.1) is 5.82 Å². The Morgan fingerprint density at radius 1 is 1.07 bits per heavy atom. The summed E-state index contributed by atoms with van der Waals surface area (Å²) in [5.41, 5.74) is 2.08. The molecule has 0 aliphatic heterocycles. The zero-order valence-electron chi connectivity index (χ0n) is 15.8. The molecule has 8 nitrogen and oxygen atoms in total. The van der Waals surface area contributed by atoms with Crippen LogP contribution in [0.2, 0.25) is 0 Å². The highest BCUT2D eigenvalue weighted by molar-refractivity contribution is 7.90. The molecule has 1 aromatic carbocycles. The molecule has 1 amide bonds. The molecule has 0 saturated heterocycles. The number of hydrogen-bond acceptors (Lipinski definition) is 6. The highest BCUT2D eigenvalue weighted by Gasteiger charge is 2.15. The van der Waals surface area contributed by atoms with E-state index in [2.05, 4.69) is 20.4 Å². The molecule has 0 saturated carbocycles. The van der Waals surface area contributed by atoms with Crippen molar-refractivity contribution in [2.45, 2.75) is 11.4 Å². The quantitative estimate of drug-likeness (QED) is 0.526. The fourth-order valence-electron chi connectivity index (χ4n) is 2.91. The molecule has 3 aromatic heterocycles. The van der Waals surface area contributed by atoms with Crippen molar-refractivity contribution in [1.29, 1.82) is 0 Å². The van der Waals surface area contributed by atoms with E-state index in [1.807, 2.05) is 0 Å². The first-order chi connectivity index (χ1) is 14.3. The fourth-order valence-corrected chi connectivity index (χ4v) is 3.47. The van der Waals surface area contributed by atoms with Crippen molar-refractivity contribution < 1.29 is 17.6 Å². The number of carbonyl (C=O) groups is 1. The molecular weight excluding hydrogens is 409 g/mol. The van der Waals surface area contributed by atoms with Crippen molar-refractivity contribution in [3.05, 3.63) is 78.3 Å². The Kier molecular flexibility index (Phi) is 5.00. The van der Waals surface area contributed by atoms with E-state index in [0.29, 0.717) is 27.8 Å². The third-order valence-corrected chi connectivity index (χ3v) is 5.57. The van der Waals surface area contributed by atoms with Gasteiger partial charge < -0.3 is 5.32 Å². The van der Waals surface area contributed by atoms with Crippen LogP contribution in [0.15, 0.2) is 66.1 Å². The third kappa shape index (κ3) is 3.90. The van der Waals surface area contributed by atoms with Crippen LogP contribution in [-0.2, 0) is 16.4 Å². The Morgan fingerprint density at radius 2 is 1.83 bits per heavy atom. The van der Waals surface area contributed by atoms with E-state index >= 15 is 0 Å². The first-order valence-corrected chi connectivity index (χ1v) is 10.7. The second-order valence-electron chi connectivity index (χ2n) is 6.59. The minimum atomic E-state index is -3.33. The Labute approximate surface area is 171 Å². The molecule has 0 spiro atoms. The lowest BCUT2D eigenvalue weighted by atomic mass is 10.2. The molecule has 4 aromatic rings. The highest BCUT2D eigenvalue weighted by Crippen LogP contribution is 2.21. The van der Waals surface area contributed by atoms with Gasteiger partial charge in [-0.2, -0.15) is 5.10 Å². The molecule has 0 bridgehead atoms. The number of halogens is 1. The van der Waals surface area contributed by atoms with Gasteiger partial charge in [0.1, 0.15) is 5.82 Å². The predicted octanol–water partition coefficient (Wildman–Crippen LogP) is 2.29. The van der Waals surface area contributed by atoms with Gasteiger partial charge >= 0.3 is 0 Å². The lowest BCUT2D eigenvalue weighted by Crippen LogP contribution is -2.23. The van der Waals surface area contributed by atoms with Crippen molar-refractivity contribution in [3.8, 4) is 5.69 Å². The number of aromatic nitrogens is 4. The van der Waals surface area contributed by atoms with Crippen molar-refractivity contribution >= 4 is 26.6 Å². The van der Waals surface area contributed by atoms with Crippen molar-refractivity contribution in [2.75, 3.05) is 6.26 Å². The standard InChI is InChI=1S/C20H16FN5O3S/c1-30(28,29)16-7-4-14(23-9-16)8-24-20(27)18-10-22-12-19-17(18)11-25-26(19)15-5-2-13(21)3-6-15/h2-7,9-12H,8H2,1H3,(H,24,27). The summed E-state index contributed by atoms with van der Waals surface area (Å²) < 4.78 is 37.8. The average molecular weight is 425 g/mol. The molecule has 152 valence electrons. The molecule has 0 unspecified atom stereocenters. The number of pyridine rings is 2.